The smallest absolute Gasteiger partial charge is 0.335 e. The van der Waals surface area contributed by atoms with Crippen molar-refractivity contribution in [2.45, 2.75) is 19.8 Å². The molecule has 0 unspecified atom stereocenters. The van der Waals surface area contributed by atoms with E-state index in [1.807, 2.05) is 18.2 Å². The highest BCUT2D eigenvalue weighted by Gasteiger charge is 2.15. The van der Waals surface area contributed by atoms with E-state index in [2.05, 4.69) is 34.7 Å². The highest BCUT2D eigenvalue weighted by molar-refractivity contribution is 9.11. The van der Waals surface area contributed by atoms with Crippen LogP contribution in [0.3, 0.4) is 0 Å². The summed E-state index contributed by atoms with van der Waals surface area (Å²) in [7, 11) is 0. The van der Waals surface area contributed by atoms with E-state index in [9.17, 15) is 4.79 Å². The molecule has 0 amide bonds. The first-order chi connectivity index (χ1) is 13.0. The Morgan fingerprint density at radius 3 is 2.56 bits per heavy atom. The average Bonchev–Trinajstić information content (AvgIpc) is 3.10. The summed E-state index contributed by atoms with van der Waals surface area (Å²) in [6.45, 7) is 5.91. The monoisotopic (exact) mass is 443 g/mol. The number of carboxylic acid groups (broad SMARTS) is 1. The van der Waals surface area contributed by atoms with Gasteiger partial charge in [-0.3, -0.25) is 0 Å². The molecule has 0 fully saturated rings. The summed E-state index contributed by atoms with van der Waals surface area (Å²) in [4.78, 5) is 21.5. The number of hydrogen-bond donors (Lipinski definition) is 2. The third-order valence-electron chi connectivity index (χ3n) is 3.96. The van der Waals surface area contributed by atoms with Gasteiger partial charge in [-0.05, 0) is 65.2 Å². The molecule has 0 radical (unpaired) electrons. The molecule has 1 aromatic carbocycles. The summed E-state index contributed by atoms with van der Waals surface area (Å²) in [6, 6.07) is 10.6. The third-order valence-corrected chi connectivity index (χ3v) is 5.58. The topological polar surface area (TPSA) is 75.1 Å². The molecular formula is C20H18BrN3O2S. The maximum absolute atomic E-state index is 11.0. The molecule has 0 bridgehead atoms. The fourth-order valence-corrected chi connectivity index (χ4v) is 3.98. The maximum atomic E-state index is 11.0. The van der Waals surface area contributed by atoms with Crippen LogP contribution in [-0.2, 0) is 12.8 Å². The lowest BCUT2D eigenvalue weighted by Crippen LogP contribution is -2.07. The Balaban J connectivity index is 2.04. The Labute approximate surface area is 169 Å². The van der Waals surface area contributed by atoms with Crippen LogP contribution in [0.15, 0.2) is 52.8 Å². The van der Waals surface area contributed by atoms with Crippen molar-refractivity contribution in [3.05, 3.63) is 69.7 Å². The zero-order chi connectivity index (χ0) is 19.4. The number of carboxylic acids is 1. The van der Waals surface area contributed by atoms with E-state index in [4.69, 9.17) is 15.1 Å². The normalized spacial score (nSPS) is 10.6. The molecule has 27 heavy (non-hydrogen) atoms. The number of aromatic carboxylic acids is 1. The molecule has 0 atom stereocenters. The van der Waals surface area contributed by atoms with Gasteiger partial charge >= 0.3 is 5.97 Å². The lowest BCUT2D eigenvalue weighted by Gasteiger charge is -2.15. The quantitative estimate of drug-likeness (QED) is 0.458. The number of anilines is 2. The molecule has 0 saturated carbocycles. The molecule has 2 aromatic heterocycles. The van der Waals surface area contributed by atoms with Crippen molar-refractivity contribution in [3.8, 4) is 10.7 Å². The molecule has 0 saturated heterocycles. The second kappa shape index (κ2) is 8.45. The summed E-state index contributed by atoms with van der Waals surface area (Å²) in [6.07, 6.45) is 3.25. The fourth-order valence-electron chi connectivity index (χ4n) is 2.66. The van der Waals surface area contributed by atoms with E-state index in [1.165, 1.54) is 0 Å². The summed E-state index contributed by atoms with van der Waals surface area (Å²) in [5.41, 5.74) is 2.97. The largest absolute Gasteiger partial charge is 0.478 e. The molecule has 0 aliphatic rings. The molecule has 3 aromatic rings. The third kappa shape index (κ3) is 4.43. The van der Waals surface area contributed by atoms with E-state index in [0.717, 1.165) is 32.0 Å². The van der Waals surface area contributed by atoms with Crippen molar-refractivity contribution in [2.24, 2.45) is 0 Å². The van der Waals surface area contributed by atoms with Gasteiger partial charge in [0.05, 0.1) is 14.2 Å². The van der Waals surface area contributed by atoms with Gasteiger partial charge in [-0.2, -0.15) is 0 Å². The molecule has 3 rings (SSSR count). The number of allylic oxidation sites excluding steroid dienone is 1. The number of aryl methyl sites for hydroxylation is 1. The first kappa shape index (κ1) is 19.3. The van der Waals surface area contributed by atoms with Gasteiger partial charge in [0, 0.05) is 16.9 Å². The van der Waals surface area contributed by atoms with Gasteiger partial charge in [0.2, 0.25) is 0 Å². The molecule has 0 spiro atoms. The number of hydrogen-bond acceptors (Lipinski definition) is 5. The summed E-state index contributed by atoms with van der Waals surface area (Å²) >= 11 is 5.06. The molecule has 7 heteroatoms. The molecule has 0 aliphatic heterocycles. The number of halogens is 1. The second-order valence-corrected chi connectivity index (χ2v) is 8.24. The van der Waals surface area contributed by atoms with Gasteiger partial charge in [-0.1, -0.05) is 13.0 Å². The Hall–Kier alpha value is -2.51. The van der Waals surface area contributed by atoms with Crippen molar-refractivity contribution in [3.63, 3.8) is 0 Å². The number of aromatic nitrogens is 2. The van der Waals surface area contributed by atoms with Crippen molar-refractivity contribution < 1.29 is 9.90 Å². The lowest BCUT2D eigenvalue weighted by molar-refractivity contribution is 0.0697. The van der Waals surface area contributed by atoms with Crippen LogP contribution in [0.2, 0.25) is 0 Å². The Morgan fingerprint density at radius 1 is 1.26 bits per heavy atom. The maximum Gasteiger partial charge on any atom is 0.335 e. The van der Waals surface area contributed by atoms with Crippen LogP contribution in [0, 0.1) is 0 Å². The standard InChI is InChI=1S/C20H18BrN3O2S/c1-3-5-14-15(4-2)23-19(16-10-11-17(21)27-16)24-18(14)22-13-8-6-12(7-9-13)20(25)26/h3,6-11H,1,4-5H2,2H3,(H,25,26)(H,22,23,24). The number of nitrogens with one attached hydrogen (secondary N) is 1. The minimum atomic E-state index is -0.949. The minimum absolute atomic E-state index is 0.243. The van der Waals surface area contributed by atoms with Crippen LogP contribution < -0.4 is 5.32 Å². The average molecular weight is 444 g/mol. The Kier molecular flexibility index (Phi) is 6.03. The molecular weight excluding hydrogens is 426 g/mol. The molecule has 2 N–H and O–H groups in total. The van der Waals surface area contributed by atoms with Gasteiger partial charge in [0.15, 0.2) is 5.82 Å². The van der Waals surface area contributed by atoms with E-state index >= 15 is 0 Å². The number of carbonyl (C=O) groups is 1. The molecule has 138 valence electrons. The Bertz CT molecular complexity index is 983. The molecule has 5 nitrogen and oxygen atoms in total. The van der Waals surface area contributed by atoms with E-state index < -0.39 is 5.97 Å². The van der Waals surface area contributed by atoms with Crippen LogP contribution in [-0.4, -0.2) is 21.0 Å². The van der Waals surface area contributed by atoms with Crippen LogP contribution >= 0.6 is 27.3 Å². The first-order valence-corrected chi connectivity index (χ1v) is 9.99. The van der Waals surface area contributed by atoms with E-state index in [-0.39, 0.29) is 5.56 Å². The highest BCUT2D eigenvalue weighted by atomic mass is 79.9. The van der Waals surface area contributed by atoms with Gasteiger partial charge in [-0.25, -0.2) is 14.8 Å². The van der Waals surface area contributed by atoms with Gasteiger partial charge < -0.3 is 10.4 Å². The zero-order valence-electron chi connectivity index (χ0n) is 14.7. The highest BCUT2D eigenvalue weighted by Crippen LogP contribution is 2.32. The van der Waals surface area contributed by atoms with Crippen molar-refractivity contribution in [2.75, 3.05) is 5.32 Å². The van der Waals surface area contributed by atoms with Crippen LogP contribution in [0.4, 0.5) is 11.5 Å². The SMILES string of the molecule is C=CCc1c(CC)nc(-c2ccc(Br)s2)nc1Nc1ccc(C(=O)O)cc1. The predicted octanol–water partition coefficient (Wildman–Crippen LogP) is 5.70. The van der Waals surface area contributed by atoms with Gasteiger partial charge in [0.25, 0.3) is 0 Å². The first-order valence-electron chi connectivity index (χ1n) is 8.38. The number of thiophene rings is 1. The van der Waals surface area contributed by atoms with Crippen LogP contribution in [0.1, 0.15) is 28.5 Å². The predicted molar refractivity (Wildman–Crippen MR) is 113 cm³/mol. The minimum Gasteiger partial charge on any atom is -0.478 e. The lowest BCUT2D eigenvalue weighted by atomic mass is 10.1. The number of benzene rings is 1. The van der Waals surface area contributed by atoms with Crippen LogP contribution in [0.5, 0.6) is 0 Å². The van der Waals surface area contributed by atoms with Crippen molar-refractivity contribution >= 4 is 44.7 Å². The van der Waals surface area contributed by atoms with Gasteiger partial charge in [-0.15, -0.1) is 17.9 Å². The van der Waals surface area contributed by atoms with E-state index in [1.54, 1.807) is 35.6 Å². The van der Waals surface area contributed by atoms with Crippen molar-refractivity contribution in [1.29, 1.82) is 0 Å². The Morgan fingerprint density at radius 2 is 2.00 bits per heavy atom. The van der Waals surface area contributed by atoms with Crippen LogP contribution in [0.25, 0.3) is 10.7 Å². The van der Waals surface area contributed by atoms with E-state index in [0.29, 0.717) is 18.1 Å². The molecule has 2 heterocycles. The number of nitrogens with zero attached hydrogens (tertiary/aromatic N) is 2. The summed E-state index contributed by atoms with van der Waals surface area (Å²) < 4.78 is 1.02. The summed E-state index contributed by atoms with van der Waals surface area (Å²) in [5, 5.41) is 12.4. The second-order valence-electron chi connectivity index (χ2n) is 5.78. The van der Waals surface area contributed by atoms with Crippen molar-refractivity contribution in [1.82, 2.24) is 9.97 Å². The zero-order valence-corrected chi connectivity index (χ0v) is 17.1. The number of rotatable bonds is 7. The summed E-state index contributed by atoms with van der Waals surface area (Å²) in [5.74, 6) is 0.430. The van der Waals surface area contributed by atoms with Gasteiger partial charge in [0.1, 0.15) is 5.82 Å². The molecule has 0 aliphatic carbocycles. The fraction of sp³-hybridized carbons (Fsp3) is 0.150.